The van der Waals surface area contributed by atoms with E-state index < -0.39 is 0 Å². The largest absolute Gasteiger partial charge is 0.335 e. The fraction of sp³-hybridized carbons (Fsp3) is 0.375. The molecule has 3 rings (SSSR count). The Labute approximate surface area is 118 Å². The van der Waals surface area contributed by atoms with Gasteiger partial charge in [-0.15, -0.1) is 0 Å². The molecule has 4 nitrogen and oxygen atoms in total. The molecule has 1 unspecified atom stereocenters. The predicted molar refractivity (Wildman–Crippen MR) is 79.7 cm³/mol. The Hall–Kier alpha value is -1.94. The molecule has 104 valence electrons. The summed E-state index contributed by atoms with van der Waals surface area (Å²) in [5, 5.41) is 4.33. The topological polar surface area (TPSA) is 45.2 Å². The van der Waals surface area contributed by atoms with Crippen LogP contribution in [0.1, 0.15) is 23.7 Å². The molecule has 0 aliphatic carbocycles. The SMILES string of the molecule is CCN(C(=O)c1ccc2ncccc2c1)C1CCNC1. The second kappa shape index (κ2) is 5.59. The van der Waals surface area contributed by atoms with E-state index in [1.54, 1.807) is 6.20 Å². The van der Waals surface area contributed by atoms with Crippen molar-refractivity contribution in [2.45, 2.75) is 19.4 Å². The normalized spacial score (nSPS) is 18.4. The van der Waals surface area contributed by atoms with E-state index in [1.807, 2.05) is 42.2 Å². The number of benzene rings is 1. The molecule has 0 saturated carbocycles. The molecule has 1 aliphatic rings. The number of nitrogens with zero attached hydrogens (tertiary/aromatic N) is 2. The maximum absolute atomic E-state index is 12.7. The Balaban J connectivity index is 1.90. The van der Waals surface area contributed by atoms with Crippen LogP contribution < -0.4 is 5.32 Å². The Morgan fingerprint density at radius 1 is 1.45 bits per heavy atom. The minimum atomic E-state index is 0.118. The second-order valence-electron chi connectivity index (χ2n) is 5.15. The summed E-state index contributed by atoms with van der Waals surface area (Å²) in [7, 11) is 0. The van der Waals surface area contributed by atoms with Gasteiger partial charge in [-0.05, 0) is 44.2 Å². The molecule has 1 saturated heterocycles. The molecule has 1 aromatic carbocycles. The van der Waals surface area contributed by atoms with Crippen LogP contribution in [0.25, 0.3) is 10.9 Å². The first-order valence-corrected chi connectivity index (χ1v) is 7.16. The Morgan fingerprint density at radius 2 is 2.35 bits per heavy atom. The summed E-state index contributed by atoms with van der Waals surface area (Å²) in [6.45, 7) is 4.68. The van der Waals surface area contributed by atoms with Gasteiger partial charge in [0.1, 0.15) is 0 Å². The third-order valence-corrected chi connectivity index (χ3v) is 3.93. The van der Waals surface area contributed by atoms with E-state index in [9.17, 15) is 4.79 Å². The van der Waals surface area contributed by atoms with Crippen molar-refractivity contribution in [3.8, 4) is 0 Å². The number of carbonyl (C=O) groups is 1. The molecular formula is C16H19N3O. The van der Waals surface area contributed by atoms with Crippen molar-refractivity contribution in [1.29, 1.82) is 0 Å². The number of amides is 1. The van der Waals surface area contributed by atoms with Gasteiger partial charge in [-0.2, -0.15) is 0 Å². The molecular weight excluding hydrogens is 250 g/mol. The molecule has 1 atom stereocenters. The molecule has 1 amide bonds. The molecule has 1 aromatic heterocycles. The van der Waals surface area contributed by atoms with Crippen molar-refractivity contribution in [3.05, 3.63) is 42.1 Å². The summed E-state index contributed by atoms with van der Waals surface area (Å²) in [6, 6.07) is 9.95. The fourth-order valence-corrected chi connectivity index (χ4v) is 2.85. The summed E-state index contributed by atoms with van der Waals surface area (Å²) < 4.78 is 0. The van der Waals surface area contributed by atoms with Crippen molar-refractivity contribution in [1.82, 2.24) is 15.2 Å². The zero-order valence-electron chi connectivity index (χ0n) is 11.7. The summed E-state index contributed by atoms with van der Waals surface area (Å²) in [6.07, 6.45) is 2.81. The van der Waals surface area contributed by atoms with E-state index in [2.05, 4.69) is 10.3 Å². The molecule has 2 heterocycles. The summed E-state index contributed by atoms with van der Waals surface area (Å²) in [5.41, 5.74) is 1.67. The van der Waals surface area contributed by atoms with Gasteiger partial charge in [0.05, 0.1) is 5.52 Å². The Kier molecular flexibility index (Phi) is 3.65. The van der Waals surface area contributed by atoms with E-state index in [-0.39, 0.29) is 5.91 Å². The van der Waals surface area contributed by atoms with Gasteiger partial charge in [-0.1, -0.05) is 6.07 Å². The number of likely N-dealkylation sites (N-methyl/N-ethyl adjacent to an activating group) is 1. The predicted octanol–water partition coefficient (Wildman–Crippen LogP) is 2.06. The lowest BCUT2D eigenvalue weighted by molar-refractivity contribution is 0.0704. The van der Waals surface area contributed by atoms with Crippen molar-refractivity contribution >= 4 is 16.8 Å². The zero-order chi connectivity index (χ0) is 13.9. The second-order valence-corrected chi connectivity index (χ2v) is 5.15. The lowest BCUT2D eigenvalue weighted by Crippen LogP contribution is -2.41. The quantitative estimate of drug-likeness (QED) is 0.927. The smallest absolute Gasteiger partial charge is 0.254 e. The minimum Gasteiger partial charge on any atom is -0.335 e. The van der Waals surface area contributed by atoms with E-state index in [4.69, 9.17) is 0 Å². The first kappa shape index (κ1) is 13.1. The van der Waals surface area contributed by atoms with Crippen molar-refractivity contribution in [3.63, 3.8) is 0 Å². The van der Waals surface area contributed by atoms with Gasteiger partial charge in [0.15, 0.2) is 0 Å². The molecule has 4 heteroatoms. The summed E-state index contributed by atoms with van der Waals surface area (Å²) >= 11 is 0. The number of aromatic nitrogens is 1. The molecule has 1 aliphatic heterocycles. The van der Waals surface area contributed by atoms with Gasteiger partial charge in [0.2, 0.25) is 0 Å². The van der Waals surface area contributed by atoms with Gasteiger partial charge in [0.25, 0.3) is 5.91 Å². The first-order valence-electron chi connectivity index (χ1n) is 7.16. The van der Waals surface area contributed by atoms with Gasteiger partial charge in [0, 0.05) is 36.3 Å². The number of hydrogen-bond acceptors (Lipinski definition) is 3. The maximum atomic E-state index is 12.7. The lowest BCUT2D eigenvalue weighted by atomic mass is 10.1. The zero-order valence-corrected chi connectivity index (χ0v) is 11.7. The van der Waals surface area contributed by atoms with E-state index >= 15 is 0 Å². The number of nitrogens with one attached hydrogen (secondary N) is 1. The van der Waals surface area contributed by atoms with Crippen LogP contribution in [0.5, 0.6) is 0 Å². The molecule has 0 spiro atoms. The van der Waals surface area contributed by atoms with Crippen LogP contribution in [0, 0.1) is 0 Å². The van der Waals surface area contributed by atoms with Crippen molar-refractivity contribution < 1.29 is 4.79 Å². The molecule has 20 heavy (non-hydrogen) atoms. The highest BCUT2D eigenvalue weighted by Crippen LogP contribution is 2.17. The number of carbonyl (C=O) groups excluding carboxylic acids is 1. The molecule has 1 fully saturated rings. The van der Waals surface area contributed by atoms with Crippen LogP contribution in [0.15, 0.2) is 36.5 Å². The highest BCUT2D eigenvalue weighted by atomic mass is 16.2. The Morgan fingerprint density at radius 3 is 3.10 bits per heavy atom. The standard InChI is InChI=1S/C16H19N3O/c1-2-19(14-7-9-17-11-14)16(20)13-5-6-15-12(10-13)4-3-8-18-15/h3-6,8,10,14,17H,2,7,9,11H2,1H3. The minimum absolute atomic E-state index is 0.118. The van der Waals surface area contributed by atoms with E-state index in [0.717, 1.165) is 42.5 Å². The van der Waals surface area contributed by atoms with Gasteiger partial charge in [-0.3, -0.25) is 9.78 Å². The van der Waals surface area contributed by atoms with Crippen LogP contribution >= 0.6 is 0 Å². The molecule has 1 N–H and O–H groups in total. The Bertz CT molecular complexity index is 620. The highest BCUT2D eigenvalue weighted by Gasteiger charge is 2.25. The van der Waals surface area contributed by atoms with Gasteiger partial charge in [-0.25, -0.2) is 0 Å². The maximum Gasteiger partial charge on any atom is 0.254 e. The number of hydrogen-bond donors (Lipinski definition) is 1. The average Bonchev–Trinajstić information content (AvgIpc) is 3.01. The van der Waals surface area contributed by atoms with Gasteiger partial charge >= 0.3 is 0 Å². The van der Waals surface area contributed by atoms with Crippen molar-refractivity contribution in [2.75, 3.05) is 19.6 Å². The summed E-state index contributed by atoms with van der Waals surface area (Å²) in [4.78, 5) is 18.9. The fourth-order valence-electron chi connectivity index (χ4n) is 2.85. The van der Waals surface area contributed by atoms with Crippen LogP contribution in [0.3, 0.4) is 0 Å². The van der Waals surface area contributed by atoms with E-state index in [1.165, 1.54) is 0 Å². The monoisotopic (exact) mass is 269 g/mol. The third-order valence-electron chi connectivity index (χ3n) is 3.93. The number of fused-ring (bicyclic) bond motifs is 1. The van der Waals surface area contributed by atoms with Crippen LogP contribution in [-0.2, 0) is 0 Å². The average molecular weight is 269 g/mol. The number of pyridine rings is 1. The van der Waals surface area contributed by atoms with Crippen molar-refractivity contribution in [2.24, 2.45) is 0 Å². The molecule has 0 radical (unpaired) electrons. The van der Waals surface area contributed by atoms with Crippen LogP contribution in [0.4, 0.5) is 0 Å². The first-order chi connectivity index (χ1) is 9.79. The summed E-state index contributed by atoms with van der Waals surface area (Å²) in [5.74, 6) is 0.118. The van der Waals surface area contributed by atoms with E-state index in [0.29, 0.717) is 6.04 Å². The molecule has 0 bridgehead atoms. The van der Waals surface area contributed by atoms with Gasteiger partial charge < -0.3 is 10.2 Å². The van der Waals surface area contributed by atoms with Crippen LogP contribution in [0.2, 0.25) is 0 Å². The number of rotatable bonds is 3. The highest BCUT2D eigenvalue weighted by molar-refractivity contribution is 5.98. The molecule has 2 aromatic rings. The van der Waals surface area contributed by atoms with Crippen LogP contribution in [-0.4, -0.2) is 41.5 Å². The lowest BCUT2D eigenvalue weighted by Gasteiger charge is -2.27. The third kappa shape index (κ3) is 2.39.